The van der Waals surface area contributed by atoms with E-state index < -0.39 is 18.5 Å². The smallest absolute Gasteiger partial charge is 0.363 e. The Bertz CT molecular complexity index is 390. The first-order chi connectivity index (χ1) is 8.35. The van der Waals surface area contributed by atoms with Gasteiger partial charge in [-0.1, -0.05) is 6.92 Å². The summed E-state index contributed by atoms with van der Waals surface area (Å²) in [4.78, 5) is 1.11. The fourth-order valence-electron chi connectivity index (χ4n) is 1.72. The minimum Gasteiger partial charge on any atom is -0.363 e. The third kappa shape index (κ3) is 4.52. The zero-order valence-electron chi connectivity index (χ0n) is 10.1. The van der Waals surface area contributed by atoms with Gasteiger partial charge in [-0.3, -0.25) is 0 Å². The second kappa shape index (κ2) is 6.04. The molecule has 18 heavy (non-hydrogen) atoms. The molecule has 6 heteroatoms. The first-order valence-corrected chi connectivity index (χ1v) is 5.67. The standard InChI is InChI=1S/C12H16F4N2/c1-2-3-18(8-12(14,15)16)11-5-9(7-17)4-10(13)6-11/h4-6H,2-3,7-8,17H2,1H3. The highest BCUT2D eigenvalue weighted by molar-refractivity contribution is 5.49. The highest BCUT2D eigenvalue weighted by Crippen LogP contribution is 2.24. The van der Waals surface area contributed by atoms with Crippen LogP contribution < -0.4 is 10.6 Å². The molecule has 0 fully saturated rings. The Morgan fingerprint density at radius 3 is 2.39 bits per heavy atom. The number of rotatable bonds is 5. The minimum absolute atomic E-state index is 0.0940. The summed E-state index contributed by atoms with van der Waals surface area (Å²) in [5.41, 5.74) is 6.08. The van der Waals surface area contributed by atoms with E-state index in [1.165, 1.54) is 12.1 Å². The summed E-state index contributed by atoms with van der Waals surface area (Å²) < 4.78 is 50.6. The predicted octanol–water partition coefficient (Wildman–Crippen LogP) is 3.06. The van der Waals surface area contributed by atoms with Crippen molar-refractivity contribution < 1.29 is 17.6 Å². The summed E-state index contributed by atoms with van der Waals surface area (Å²) in [6, 6.07) is 3.81. The molecule has 0 aliphatic rings. The lowest BCUT2D eigenvalue weighted by molar-refractivity contribution is -0.119. The zero-order valence-corrected chi connectivity index (χ0v) is 10.1. The molecular weight excluding hydrogens is 248 g/mol. The SMILES string of the molecule is CCCN(CC(F)(F)F)c1cc(F)cc(CN)c1. The van der Waals surface area contributed by atoms with Gasteiger partial charge in [-0.15, -0.1) is 0 Å². The molecule has 0 bridgehead atoms. The Hall–Kier alpha value is -1.30. The van der Waals surface area contributed by atoms with Gasteiger partial charge < -0.3 is 10.6 Å². The second-order valence-corrected chi connectivity index (χ2v) is 4.06. The van der Waals surface area contributed by atoms with Crippen molar-refractivity contribution in [2.75, 3.05) is 18.0 Å². The van der Waals surface area contributed by atoms with Gasteiger partial charge in [-0.25, -0.2) is 4.39 Å². The number of benzene rings is 1. The molecule has 0 saturated heterocycles. The number of nitrogens with zero attached hydrogens (tertiary/aromatic N) is 1. The van der Waals surface area contributed by atoms with Crippen molar-refractivity contribution in [2.24, 2.45) is 5.73 Å². The molecular formula is C12H16F4N2. The minimum atomic E-state index is -4.32. The number of halogens is 4. The summed E-state index contributed by atoms with van der Waals surface area (Å²) in [7, 11) is 0. The second-order valence-electron chi connectivity index (χ2n) is 4.06. The number of hydrogen-bond acceptors (Lipinski definition) is 2. The lowest BCUT2D eigenvalue weighted by Crippen LogP contribution is -2.35. The van der Waals surface area contributed by atoms with E-state index in [1.54, 1.807) is 6.92 Å². The monoisotopic (exact) mass is 264 g/mol. The molecule has 0 heterocycles. The Morgan fingerprint density at radius 1 is 1.22 bits per heavy atom. The third-order valence-corrected chi connectivity index (χ3v) is 2.41. The largest absolute Gasteiger partial charge is 0.405 e. The maximum Gasteiger partial charge on any atom is 0.405 e. The van der Waals surface area contributed by atoms with Gasteiger partial charge in [-0.05, 0) is 30.2 Å². The maximum atomic E-state index is 13.3. The first-order valence-electron chi connectivity index (χ1n) is 5.67. The van der Waals surface area contributed by atoms with Crippen LogP contribution in [-0.4, -0.2) is 19.3 Å². The van der Waals surface area contributed by atoms with Gasteiger partial charge in [0.05, 0.1) is 0 Å². The van der Waals surface area contributed by atoms with Gasteiger partial charge in [0.1, 0.15) is 12.4 Å². The van der Waals surface area contributed by atoms with Crippen LogP contribution in [0.15, 0.2) is 18.2 Å². The van der Waals surface area contributed by atoms with Crippen LogP contribution in [0.3, 0.4) is 0 Å². The Balaban J connectivity index is 3.01. The molecule has 0 saturated carbocycles. The van der Waals surface area contributed by atoms with Crippen LogP contribution in [0.25, 0.3) is 0 Å². The molecule has 2 N–H and O–H groups in total. The first kappa shape index (κ1) is 14.8. The third-order valence-electron chi connectivity index (χ3n) is 2.41. The quantitative estimate of drug-likeness (QED) is 0.828. The van der Waals surface area contributed by atoms with Gasteiger partial charge in [0.2, 0.25) is 0 Å². The normalized spacial score (nSPS) is 11.7. The molecule has 0 atom stereocenters. The molecule has 0 radical (unpaired) electrons. The van der Waals surface area contributed by atoms with Gasteiger partial charge in [0.25, 0.3) is 0 Å². The zero-order chi connectivity index (χ0) is 13.8. The molecule has 1 aromatic rings. The van der Waals surface area contributed by atoms with Crippen LogP contribution in [0.4, 0.5) is 23.2 Å². The number of anilines is 1. The molecule has 102 valence electrons. The Kier molecular flexibility index (Phi) is 4.95. The van der Waals surface area contributed by atoms with Crippen LogP contribution in [0.5, 0.6) is 0 Å². The van der Waals surface area contributed by atoms with Crippen molar-refractivity contribution in [3.8, 4) is 0 Å². The van der Waals surface area contributed by atoms with Gasteiger partial charge >= 0.3 is 6.18 Å². The van der Waals surface area contributed by atoms with Crippen LogP contribution in [0, 0.1) is 5.82 Å². The fraction of sp³-hybridized carbons (Fsp3) is 0.500. The van der Waals surface area contributed by atoms with Crippen LogP contribution in [-0.2, 0) is 6.54 Å². The molecule has 0 amide bonds. The van der Waals surface area contributed by atoms with Gasteiger partial charge in [-0.2, -0.15) is 13.2 Å². The molecule has 1 rings (SSSR count). The summed E-state index contributed by atoms with van der Waals surface area (Å²) in [6.45, 7) is 0.991. The van der Waals surface area contributed by atoms with Crippen molar-refractivity contribution in [1.82, 2.24) is 0 Å². The number of hydrogen-bond donors (Lipinski definition) is 1. The van der Waals surface area contributed by atoms with E-state index >= 15 is 0 Å². The van der Waals surface area contributed by atoms with Crippen molar-refractivity contribution >= 4 is 5.69 Å². The highest BCUT2D eigenvalue weighted by Gasteiger charge is 2.30. The maximum absolute atomic E-state index is 13.3. The molecule has 0 aromatic heterocycles. The Labute approximate surface area is 103 Å². The molecule has 2 nitrogen and oxygen atoms in total. The van der Waals surface area contributed by atoms with E-state index in [4.69, 9.17) is 5.73 Å². The van der Waals surface area contributed by atoms with E-state index in [1.807, 2.05) is 0 Å². The lowest BCUT2D eigenvalue weighted by atomic mass is 10.1. The summed E-state index contributed by atoms with van der Waals surface area (Å²) in [6.07, 6.45) is -3.77. The lowest BCUT2D eigenvalue weighted by Gasteiger charge is -2.26. The van der Waals surface area contributed by atoms with E-state index in [0.29, 0.717) is 12.0 Å². The molecule has 1 aromatic carbocycles. The summed E-state index contributed by atoms with van der Waals surface area (Å²) in [5, 5.41) is 0. The fourth-order valence-corrected chi connectivity index (χ4v) is 1.72. The highest BCUT2D eigenvalue weighted by atomic mass is 19.4. The molecule has 0 unspecified atom stereocenters. The van der Waals surface area contributed by atoms with Crippen LogP contribution in [0.2, 0.25) is 0 Å². The average molecular weight is 264 g/mol. The van der Waals surface area contributed by atoms with E-state index in [2.05, 4.69) is 0 Å². The average Bonchev–Trinajstić information content (AvgIpc) is 2.26. The van der Waals surface area contributed by atoms with Crippen molar-refractivity contribution in [3.63, 3.8) is 0 Å². The van der Waals surface area contributed by atoms with Crippen LogP contribution >= 0.6 is 0 Å². The van der Waals surface area contributed by atoms with Crippen molar-refractivity contribution in [1.29, 1.82) is 0 Å². The molecule has 0 spiro atoms. The van der Waals surface area contributed by atoms with Gasteiger partial charge in [0, 0.05) is 18.8 Å². The predicted molar refractivity (Wildman–Crippen MR) is 62.9 cm³/mol. The molecule has 0 aliphatic heterocycles. The molecule has 0 aliphatic carbocycles. The van der Waals surface area contributed by atoms with Gasteiger partial charge in [0.15, 0.2) is 0 Å². The topological polar surface area (TPSA) is 29.3 Å². The summed E-state index contributed by atoms with van der Waals surface area (Å²) >= 11 is 0. The van der Waals surface area contributed by atoms with E-state index in [0.717, 1.165) is 11.0 Å². The number of nitrogens with two attached hydrogens (primary N) is 1. The van der Waals surface area contributed by atoms with E-state index in [9.17, 15) is 17.6 Å². The van der Waals surface area contributed by atoms with Crippen molar-refractivity contribution in [2.45, 2.75) is 26.1 Å². The van der Waals surface area contributed by atoms with Crippen molar-refractivity contribution in [3.05, 3.63) is 29.6 Å². The number of alkyl halides is 3. The Morgan fingerprint density at radius 2 is 1.89 bits per heavy atom. The van der Waals surface area contributed by atoms with E-state index in [-0.39, 0.29) is 18.8 Å². The van der Waals surface area contributed by atoms with Crippen LogP contribution in [0.1, 0.15) is 18.9 Å². The summed E-state index contributed by atoms with van der Waals surface area (Å²) in [5.74, 6) is -0.573.